The molecule has 1 N–H and O–H groups in total. The van der Waals surface area contributed by atoms with E-state index in [0.717, 1.165) is 10.6 Å². The van der Waals surface area contributed by atoms with Crippen molar-refractivity contribution in [3.8, 4) is 0 Å². The summed E-state index contributed by atoms with van der Waals surface area (Å²) in [5, 5.41) is 0. The lowest BCUT2D eigenvalue weighted by Gasteiger charge is -1.98. The van der Waals surface area contributed by atoms with Gasteiger partial charge >= 0.3 is 0 Å². The Hall–Kier alpha value is -0.340. The van der Waals surface area contributed by atoms with E-state index in [1.54, 1.807) is 0 Å². The van der Waals surface area contributed by atoms with Gasteiger partial charge in [0.1, 0.15) is 0 Å². The minimum atomic E-state index is 0.836. The van der Waals surface area contributed by atoms with Gasteiger partial charge in [-0.3, -0.25) is 4.84 Å². The normalized spacial score (nSPS) is 9.11. The van der Waals surface area contributed by atoms with Gasteiger partial charge in [0.2, 0.25) is 0 Å². The fraction of sp³-hybridized carbons (Fsp3) is 0. The Kier molecular flexibility index (Phi) is 2.25. The van der Waals surface area contributed by atoms with Crippen molar-refractivity contribution in [2.75, 3.05) is 4.84 Å². The summed E-state index contributed by atoms with van der Waals surface area (Å²) in [4.78, 5) is 3.35. The molecule has 0 aliphatic heterocycles. The molecule has 48 valence electrons. The lowest BCUT2D eigenvalue weighted by atomic mass is 10.3. The topological polar surface area (TPSA) is 12.0 Å². The summed E-state index contributed by atoms with van der Waals surface area (Å²) in [7, 11) is 0. The molecule has 1 aromatic carbocycles. The quantitative estimate of drug-likeness (QED) is 0.474. The van der Waals surface area contributed by atoms with Crippen LogP contribution in [0.4, 0.5) is 5.69 Å². The monoisotopic (exact) mass is 159 g/mol. The number of anilines is 1. The summed E-state index contributed by atoms with van der Waals surface area (Å²) in [6.45, 7) is 0. The molecule has 0 atom stereocenters. The van der Waals surface area contributed by atoms with Crippen LogP contribution < -0.4 is 4.84 Å². The highest BCUT2D eigenvalue weighted by molar-refractivity contribution is 7.80. The van der Waals surface area contributed by atoms with E-state index in [4.69, 9.17) is 11.8 Å². The summed E-state index contributed by atoms with van der Waals surface area (Å²) in [6, 6.07) is 7.52. The summed E-state index contributed by atoms with van der Waals surface area (Å²) in [5.74, 6) is 0. The van der Waals surface area contributed by atoms with Crippen LogP contribution in [0.5, 0.6) is 0 Å². The third kappa shape index (κ3) is 1.53. The Labute approximate surface area is 64.6 Å². The average Bonchev–Trinajstić information content (AvgIpc) is 1.89. The Balaban J connectivity index is 3.01. The predicted molar refractivity (Wildman–Crippen MR) is 43.2 cm³/mol. The van der Waals surface area contributed by atoms with Crippen LogP contribution in [0.2, 0.25) is 0 Å². The zero-order chi connectivity index (χ0) is 6.69. The first-order valence-corrected chi connectivity index (χ1v) is 3.32. The molecule has 0 unspecified atom stereocenters. The predicted octanol–water partition coefficient (Wildman–Crippen LogP) is 2.54. The third-order valence-corrected chi connectivity index (χ3v) is 1.60. The molecule has 0 aliphatic rings. The molecule has 0 aromatic heterocycles. The molecular weight excluding hydrogens is 154 g/mol. The van der Waals surface area contributed by atoms with Crippen LogP contribution in [-0.4, -0.2) is 0 Å². The maximum absolute atomic E-state index is 5.33. The summed E-state index contributed by atoms with van der Waals surface area (Å²) >= 11 is 9.46. The molecule has 0 spiro atoms. The standard InChI is InChI=1S/C6H6ClNS/c7-8-5-3-1-2-4-6(5)9/h1-4,8-9H. The second-order valence-corrected chi connectivity index (χ2v) is 2.28. The summed E-state index contributed by atoms with van der Waals surface area (Å²) < 4.78 is 0. The highest BCUT2D eigenvalue weighted by atomic mass is 35.5. The minimum Gasteiger partial charge on any atom is -0.297 e. The van der Waals surface area contributed by atoms with Gasteiger partial charge in [-0.25, -0.2) is 0 Å². The molecule has 0 saturated carbocycles. The Bertz CT molecular complexity index is 202. The van der Waals surface area contributed by atoms with Gasteiger partial charge in [0.05, 0.1) is 5.69 Å². The van der Waals surface area contributed by atoms with Crippen molar-refractivity contribution in [3.05, 3.63) is 24.3 Å². The highest BCUT2D eigenvalue weighted by Crippen LogP contribution is 2.18. The smallest absolute Gasteiger partial charge is 0.0624 e. The number of hydrogen-bond donors (Lipinski definition) is 2. The molecule has 0 saturated heterocycles. The number of benzene rings is 1. The second kappa shape index (κ2) is 2.99. The number of para-hydroxylation sites is 1. The number of halogens is 1. The Morgan fingerprint density at radius 2 is 2.00 bits per heavy atom. The highest BCUT2D eigenvalue weighted by Gasteiger charge is 1.90. The fourth-order valence-electron chi connectivity index (χ4n) is 0.554. The van der Waals surface area contributed by atoms with E-state index in [0.29, 0.717) is 0 Å². The van der Waals surface area contributed by atoms with Gasteiger partial charge in [-0.1, -0.05) is 12.1 Å². The molecule has 0 heterocycles. The van der Waals surface area contributed by atoms with Gasteiger partial charge in [0.15, 0.2) is 0 Å². The maximum atomic E-state index is 5.33. The molecule has 0 aliphatic carbocycles. The Morgan fingerprint density at radius 1 is 1.33 bits per heavy atom. The van der Waals surface area contributed by atoms with E-state index < -0.39 is 0 Å². The lowest BCUT2D eigenvalue weighted by molar-refractivity contribution is 1.47. The van der Waals surface area contributed by atoms with E-state index in [-0.39, 0.29) is 0 Å². The van der Waals surface area contributed by atoms with Crippen molar-refractivity contribution in [3.63, 3.8) is 0 Å². The largest absolute Gasteiger partial charge is 0.297 e. The second-order valence-electron chi connectivity index (χ2n) is 1.61. The van der Waals surface area contributed by atoms with Gasteiger partial charge < -0.3 is 0 Å². The molecular formula is C6H6ClNS. The minimum absolute atomic E-state index is 0.836. The number of rotatable bonds is 1. The molecule has 9 heavy (non-hydrogen) atoms. The van der Waals surface area contributed by atoms with Gasteiger partial charge in [0, 0.05) is 16.7 Å². The first-order valence-electron chi connectivity index (χ1n) is 2.49. The van der Waals surface area contributed by atoms with Crippen molar-refractivity contribution in [1.29, 1.82) is 0 Å². The van der Waals surface area contributed by atoms with Crippen LogP contribution in [0.25, 0.3) is 0 Å². The third-order valence-electron chi connectivity index (χ3n) is 1.01. The first kappa shape index (κ1) is 6.78. The van der Waals surface area contributed by atoms with Gasteiger partial charge in [-0.05, 0) is 12.1 Å². The summed E-state index contributed by atoms with van der Waals surface area (Å²) in [5.41, 5.74) is 0.836. The van der Waals surface area contributed by atoms with Crippen LogP contribution in [0.3, 0.4) is 0 Å². The van der Waals surface area contributed by atoms with Crippen LogP contribution in [0, 0.1) is 0 Å². The van der Waals surface area contributed by atoms with Crippen molar-refractivity contribution in [1.82, 2.24) is 0 Å². The number of thiol groups is 1. The molecule has 1 rings (SSSR count). The molecule has 1 nitrogen and oxygen atoms in total. The summed E-state index contributed by atoms with van der Waals surface area (Å²) in [6.07, 6.45) is 0. The van der Waals surface area contributed by atoms with Crippen LogP contribution >= 0.6 is 24.4 Å². The van der Waals surface area contributed by atoms with Crippen molar-refractivity contribution in [2.24, 2.45) is 0 Å². The van der Waals surface area contributed by atoms with Crippen LogP contribution in [0.15, 0.2) is 29.2 Å². The zero-order valence-corrected chi connectivity index (χ0v) is 6.28. The van der Waals surface area contributed by atoms with Crippen molar-refractivity contribution in [2.45, 2.75) is 4.90 Å². The molecule has 0 radical (unpaired) electrons. The van der Waals surface area contributed by atoms with Crippen LogP contribution in [0.1, 0.15) is 0 Å². The lowest BCUT2D eigenvalue weighted by Crippen LogP contribution is -1.79. The van der Waals surface area contributed by atoms with Gasteiger partial charge in [-0.2, -0.15) is 0 Å². The van der Waals surface area contributed by atoms with Crippen molar-refractivity contribution >= 4 is 30.1 Å². The number of hydrogen-bond acceptors (Lipinski definition) is 2. The molecule has 0 amide bonds. The van der Waals surface area contributed by atoms with E-state index >= 15 is 0 Å². The van der Waals surface area contributed by atoms with E-state index in [1.807, 2.05) is 24.3 Å². The fourth-order valence-corrected chi connectivity index (χ4v) is 1.00. The van der Waals surface area contributed by atoms with E-state index in [9.17, 15) is 0 Å². The number of nitrogens with one attached hydrogen (secondary N) is 1. The molecule has 3 heteroatoms. The maximum Gasteiger partial charge on any atom is 0.0624 e. The van der Waals surface area contributed by atoms with Gasteiger partial charge in [-0.15, -0.1) is 12.6 Å². The zero-order valence-electron chi connectivity index (χ0n) is 4.63. The van der Waals surface area contributed by atoms with Crippen LogP contribution in [-0.2, 0) is 0 Å². The van der Waals surface area contributed by atoms with Crippen molar-refractivity contribution < 1.29 is 0 Å². The SMILES string of the molecule is Sc1ccccc1NCl. The van der Waals surface area contributed by atoms with Gasteiger partial charge in [0.25, 0.3) is 0 Å². The molecule has 0 fully saturated rings. The first-order chi connectivity index (χ1) is 4.34. The van der Waals surface area contributed by atoms with E-state index in [2.05, 4.69) is 17.5 Å². The Morgan fingerprint density at radius 3 is 2.44 bits per heavy atom. The van der Waals surface area contributed by atoms with E-state index in [1.165, 1.54) is 0 Å². The molecule has 1 aromatic rings. The average molecular weight is 160 g/mol. The molecule has 0 bridgehead atoms.